The summed E-state index contributed by atoms with van der Waals surface area (Å²) in [6, 6.07) is 0.645. The molecule has 0 saturated carbocycles. The van der Waals surface area contributed by atoms with Gasteiger partial charge in [-0.25, -0.2) is 0 Å². The van der Waals surface area contributed by atoms with Gasteiger partial charge in [-0.3, -0.25) is 4.90 Å². The van der Waals surface area contributed by atoms with Crippen molar-refractivity contribution in [3.63, 3.8) is 0 Å². The highest BCUT2D eigenvalue weighted by Gasteiger charge is 2.29. The van der Waals surface area contributed by atoms with Gasteiger partial charge in [-0.05, 0) is 45.8 Å². The predicted molar refractivity (Wildman–Crippen MR) is 58.9 cm³/mol. The Bertz CT molecular complexity index is 359. The standard InChI is InChI=1S/C11H18N4O/c1-15-7-3-5-9(15)10-13-11(16-14-10)8-4-2-6-12-8/h8-9,12H,2-7H2,1H3. The monoisotopic (exact) mass is 222 g/mol. The van der Waals surface area contributed by atoms with Crippen LogP contribution in [0.25, 0.3) is 0 Å². The third kappa shape index (κ3) is 1.74. The van der Waals surface area contributed by atoms with Gasteiger partial charge < -0.3 is 9.84 Å². The molecule has 3 heterocycles. The zero-order valence-electron chi connectivity index (χ0n) is 9.65. The lowest BCUT2D eigenvalue weighted by Gasteiger charge is -2.14. The van der Waals surface area contributed by atoms with Crippen molar-refractivity contribution in [2.24, 2.45) is 0 Å². The molecule has 5 nitrogen and oxygen atoms in total. The number of nitrogens with one attached hydrogen (secondary N) is 1. The Balaban J connectivity index is 1.76. The van der Waals surface area contributed by atoms with Crippen LogP contribution in [0.4, 0.5) is 0 Å². The van der Waals surface area contributed by atoms with Crippen molar-refractivity contribution < 1.29 is 4.52 Å². The van der Waals surface area contributed by atoms with E-state index in [9.17, 15) is 0 Å². The predicted octanol–water partition coefficient (Wildman–Crippen LogP) is 1.26. The summed E-state index contributed by atoms with van der Waals surface area (Å²) in [5.41, 5.74) is 0. The van der Waals surface area contributed by atoms with E-state index >= 15 is 0 Å². The zero-order valence-corrected chi connectivity index (χ0v) is 9.65. The summed E-state index contributed by atoms with van der Waals surface area (Å²) < 4.78 is 5.36. The van der Waals surface area contributed by atoms with Crippen molar-refractivity contribution in [3.8, 4) is 0 Å². The Morgan fingerprint density at radius 2 is 2.31 bits per heavy atom. The van der Waals surface area contributed by atoms with Crippen LogP contribution in [0.5, 0.6) is 0 Å². The molecule has 16 heavy (non-hydrogen) atoms. The number of hydrogen-bond acceptors (Lipinski definition) is 5. The van der Waals surface area contributed by atoms with E-state index in [0.717, 1.165) is 37.6 Å². The fraction of sp³-hybridized carbons (Fsp3) is 0.818. The Morgan fingerprint density at radius 1 is 1.38 bits per heavy atom. The van der Waals surface area contributed by atoms with Crippen molar-refractivity contribution in [1.29, 1.82) is 0 Å². The second-order valence-electron chi connectivity index (χ2n) is 4.78. The minimum Gasteiger partial charge on any atom is -0.338 e. The maximum Gasteiger partial charge on any atom is 0.243 e. The molecule has 2 aliphatic heterocycles. The summed E-state index contributed by atoms with van der Waals surface area (Å²) in [6.07, 6.45) is 4.69. The van der Waals surface area contributed by atoms with E-state index in [-0.39, 0.29) is 6.04 Å². The molecule has 2 unspecified atom stereocenters. The molecule has 0 bridgehead atoms. The quantitative estimate of drug-likeness (QED) is 0.816. The summed E-state index contributed by atoms with van der Waals surface area (Å²) in [7, 11) is 2.13. The molecule has 2 fully saturated rings. The maximum absolute atomic E-state index is 5.36. The molecule has 1 aromatic rings. The fourth-order valence-corrected chi connectivity index (χ4v) is 2.66. The highest BCUT2D eigenvalue weighted by atomic mass is 16.5. The molecular formula is C11H18N4O. The van der Waals surface area contributed by atoms with Crippen molar-refractivity contribution in [3.05, 3.63) is 11.7 Å². The molecule has 1 N–H and O–H groups in total. The number of nitrogens with zero attached hydrogens (tertiary/aromatic N) is 3. The van der Waals surface area contributed by atoms with E-state index in [4.69, 9.17) is 4.52 Å². The SMILES string of the molecule is CN1CCCC1c1noc(C2CCCN2)n1. The Hall–Kier alpha value is -0.940. The molecule has 5 heteroatoms. The molecule has 2 saturated heterocycles. The van der Waals surface area contributed by atoms with Crippen LogP contribution in [0.15, 0.2) is 4.52 Å². The highest BCUT2D eigenvalue weighted by Crippen LogP contribution is 2.30. The molecule has 88 valence electrons. The van der Waals surface area contributed by atoms with Crippen LogP contribution in [0.1, 0.15) is 49.5 Å². The summed E-state index contributed by atoms with van der Waals surface area (Å²) in [6.45, 7) is 2.20. The molecule has 2 aliphatic rings. The average Bonchev–Trinajstić information content (AvgIpc) is 2.96. The van der Waals surface area contributed by atoms with Crippen molar-refractivity contribution >= 4 is 0 Å². The average molecular weight is 222 g/mol. The van der Waals surface area contributed by atoms with Gasteiger partial charge in [0.2, 0.25) is 5.89 Å². The zero-order chi connectivity index (χ0) is 11.0. The van der Waals surface area contributed by atoms with E-state index in [1.54, 1.807) is 0 Å². The van der Waals surface area contributed by atoms with E-state index in [1.807, 2.05) is 0 Å². The fourth-order valence-electron chi connectivity index (χ4n) is 2.66. The minimum absolute atomic E-state index is 0.285. The van der Waals surface area contributed by atoms with Crippen molar-refractivity contribution in [2.75, 3.05) is 20.1 Å². The summed E-state index contributed by atoms with van der Waals surface area (Å²) in [4.78, 5) is 6.85. The lowest BCUT2D eigenvalue weighted by Crippen LogP contribution is -2.19. The van der Waals surface area contributed by atoms with Gasteiger partial charge in [-0.2, -0.15) is 4.98 Å². The van der Waals surface area contributed by atoms with Crippen LogP contribution in [-0.4, -0.2) is 35.2 Å². The minimum atomic E-state index is 0.285. The van der Waals surface area contributed by atoms with Crippen LogP contribution < -0.4 is 5.32 Å². The molecule has 0 aromatic carbocycles. The highest BCUT2D eigenvalue weighted by molar-refractivity contribution is 5.01. The first-order valence-corrected chi connectivity index (χ1v) is 6.12. The molecule has 2 atom stereocenters. The van der Waals surface area contributed by atoms with Gasteiger partial charge in [0, 0.05) is 0 Å². The molecule has 3 rings (SSSR count). The Kier molecular flexibility index (Phi) is 2.65. The van der Waals surface area contributed by atoms with Gasteiger partial charge in [-0.15, -0.1) is 0 Å². The summed E-state index contributed by atoms with van der Waals surface area (Å²) >= 11 is 0. The number of hydrogen-bond donors (Lipinski definition) is 1. The van der Waals surface area contributed by atoms with Crippen molar-refractivity contribution in [2.45, 2.75) is 37.8 Å². The molecule has 1 aromatic heterocycles. The van der Waals surface area contributed by atoms with E-state index in [1.165, 1.54) is 12.8 Å². The molecule has 0 aliphatic carbocycles. The van der Waals surface area contributed by atoms with Gasteiger partial charge in [-0.1, -0.05) is 5.16 Å². The van der Waals surface area contributed by atoms with E-state index in [2.05, 4.69) is 27.4 Å². The van der Waals surface area contributed by atoms with Gasteiger partial charge in [0.1, 0.15) is 0 Å². The second kappa shape index (κ2) is 4.14. The third-order valence-electron chi connectivity index (χ3n) is 3.63. The van der Waals surface area contributed by atoms with Crippen molar-refractivity contribution in [1.82, 2.24) is 20.4 Å². The van der Waals surface area contributed by atoms with E-state index < -0.39 is 0 Å². The van der Waals surface area contributed by atoms with Crippen LogP contribution in [0, 0.1) is 0 Å². The van der Waals surface area contributed by atoms with Crippen LogP contribution in [-0.2, 0) is 0 Å². The normalized spacial score (nSPS) is 31.3. The largest absolute Gasteiger partial charge is 0.338 e. The third-order valence-corrected chi connectivity index (χ3v) is 3.63. The first-order chi connectivity index (χ1) is 7.84. The van der Waals surface area contributed by atoms with E-state index in [0.29, 0.717) is 6.04 Å². The number of rotatable bonds is 2. The molecular weight excluding hydrogens is 204 g/mol. The van der Waals surface area contributed by atoms with Gasteiger partial charge in [0.05, 0.1) is 12.1 Å². The van der Waals surface area contributed by atoms with Crippen LogP contribution >= 0.6 is 0 Å². The lowest BCUT2D eigenvalue weighted by molar-refractivity contribution is 0.289. The molecule has 0 amide bonds. The summed E-state index contributed by atoms with van der Waals surface area (Å²) in [5.74, 6) is 1.64. The van der Waals surface area contributed by atoms with Crippen LogP contribution in [0.3, 0.4) is 0 Å². The first-order valence-electron chi connectivity index (χ1n) is 6.12. The second-order valence-corrected chi connectivity index (χ2v) is 4.78. The molecule has 0 radical (unpaired) electrons. The lowest BCUT2D eigenvalue weighted by atomic mass is 10.2. The first kappa shape index (κ1) is 10.2. The van der Waals surface area contributed by atoms with Crippen LogP contribution in [0.2, 0.25) is 0 Å². The summed E-state index contributed by atoms with van der Waals surface area (Å²) in [5, 5.41) is 7.50. The smallest absolute Gasteiger partial charge is 0.243 e. The number of aromatic nitrogens is 2. The maximum atomic E-state index is 5.36. The number of likely N-dealkylation sites (tertiary alicyclic amines) is 1. The van der Waals surface area contributed by atoms with Gasteiger partial charge in [0.25, 0.3) is 0 Å². The Labute approximate surface area is 95.2 Å². The Morgan fingerprint density at radius 3 is 3.00 bits per heavy atom. The topological polar surface area (TPSA) is 54.2 Å². The van der Waals surface area contributed by atoms with Gasteiger partial charge in [0.15, 0.2) is 5.82 Å². The van der Waals surface area contributed by atoms with Gasteiger partial charge >= 0.3 is 0 Å². The molecule has 0 spiro atoms.